The van der Waals surface area contributed by atoms with Crippen molar-refractivity contribution in [1.29, 1.82) is 0 Å². The van der Waals surface area contributed by atoms with E-state index in [-0.39, 0.29) is 30.0 Å². The summed E-state index contributed by atoms with van der Waals surface area (Å²) in [5.41, 5.74) is 0. The Morgan fingerprint density at radius 1 is 1.14 bits per heavy atom. The number of rotatable bonds is 6. The van der Waals surface area contributed by atoms with E-state index in [9.17, 15) is 0 Å². The minimum Gasteiger partial charge on any atom is -0.468 e. The molecule has 1 atom stereocenters. The fourth-order valence-electron chi connectivity index (χ4n) is 2.38. The molecule has 1 aromatic rings. The number of hydrogen-bond donors (Lipinski definition) is 0. The maximum Gasteiger partial charge on any atom is 0.195 e. The molecule has 1 unspecified atom stereocenters. The Balaban J connectivity index is 0.00000400. The number of nitrogens with zero attached hydrogens (tertiary/aromatic N) is 4. The van der Waals surface area contributed by atoms with E-state index in [2.05, 4.69) is 18.7 Å². The van der Waals surface area contributed by atoms with Gasteiger partial charge in [0.2, 0.25) is 0 Å². The van der Waals surface area contributed by atoms with E-state index in [1.807, 2.05) is 50.1 Å². The Morgan fingerprint density at radius 2 is 1.71 bits per heavy atom. The molecule has 0 aliphatic rings. The lowest BCUT2D eigenvalue weighted by molar-refractivity contribution is 0.197. The first-order valence-electron chi connectivity index (χ1n) is 7.17. The van der Waals surface area contributed by atoms with Crippen LogP contribution in [-0.4, -0.2) is 68.5 Å². The third kappa shape index (κ3) is 5.86. The number of aliphatic imine (C=N–C) groups is 1. The van der Waals surface area contributed by atoms with Gasteiger partial charge < -0.3 is 14.2 Å². The highest BCUT2D eigenvalue weighted by atomic mass is 127. The Kier molecular flexibility index (Phi) is 9.68. The molecule has 0 saturated heterocycles. The average Bonchev–Trinajstić information content (AvgIpc) is 2.90. The summed E-state index contributed by atoms with van der Waals surface area (Å²) in [6, 6.07) is 4.16. The molecule has 1 heterocycles. The Hall–Kier alpha value is -0.760. The minimum absolute atomic E-state index is 0. The van der Waals surface area contributed by atoms with Crippen LogP contribution in [0.3, 0.4) is 0 Å². The highest BCUT2D eigenvalue weighted by Gasteiger charge is 2.20. The van der Waals surface area contributed by atoms with Gasteiger partial charge in [0.15, 0.2) is 5.96 Å². The van der Waals surface area contributed by atoms with Crippen LogP contribution in [0.4, 0.5) is 0 Å². The molecule has 0 aromatic carbocycles. The predicted octanol–water partition coefficient (Wildman–Crippen LogP) is 2.76. The zero-order valence-corrected chi connectivity index (χ0v) is 16.4. The molecule has 0 aliphatic heterocycles. The fourth-order valence-corrected chi connectivity index (χ4v) is 2.38. The van der Waals surface area contributed by atoms with Crippen LogP contribution in [-0.2, 0) is 0 Å². The Bertz CT molecular complexity index is 390. The molecule has 6 heteroatoms. The molecule has 0 aliphatic carbocycles. The maximum atomic E-state index is 5.60. The summed E-state index contributed by atoms with van der Waals surface area (Å²) in [5.74, 6) is 1.95. The summed E-state index contributed by atoms with van der Waals surface area (Å²) in [4.78, 5) is 11.2. The highest BCUT2D eigenvalue weighted by molar-refractivity contribution is 14.0. The van der Waals surface area contributed by atoms with E-state index in [4.69, 9.17) is 9.41 Å². The maximum absolute atomic E-state index is 5.60. The lowest BCUT2D eigenvalue weighted by atomic mass is 10.2. The number of likely N-dealkylation sites (N-methyl/N-ethyl adjacent to an activating group) is 1. The van der Waals surface area contributed by atoms with Crippen molar-refractivity contribution in [2.45, 2.75) is 19.9 Å². The summed E-state index contributed by atoms with van der Waals surface area (Å²) in [6.07, 6.45) is 1.73. The van der Waals surface area contributed by atoms with Crippen molar-refractivity contribution in [3.05, 3.63) is 24.2 Å². The van der Waals surface area contributed by atoms with Crippen LogP contribution in [0.15, 0.2) is 27.8 Å². The molecule has 1 aromatic heterocycles. The van der Waals surface area contributed by atoms with E-state index < -0.39 is 0 Å². The van der Waals surface area contributed by atoms with Crippen LogP contribution in [0.1, 0.15) is 25.6 Å². The number of hydrogen-bond acceptors (Lipinski definition) is 3. The van der Waals surface area contributed by atoms with Crippen molar-refractivity contribution in [2.75, 3.05) is 47.8 Å². The zero-order chi connectivity index (χ0) is 15.1. The van der Waals surface area contributed by atoms with E-state index in [1.54, 1.807) is 6.26 Å². The largest absolute Gasteiger partial charge is 0.468 e. The quantitative estimate of drug-likeness (QED) is 0.412. The van der Waals surface area contributed by atoms with Crippen molar-refractivity contribution in [3.8, 4) is 0 Å². The molecular weight excluding hydrogens is 379 g/mol. The molecule has 0 spiro atoms. The normalized spacial score (nSPS) is 11.8. The van der Waals surface area contributed by atoms with Gasteiger partial charge in [0.05, 0.1) is 18.8 Å². The molecule has 122 valence electrons. The molecule has 0 fully saturated rings. The highest BCUT2D eigenvalue weighted by Crippen LogP contribution is 2.21. The van der Waals surface area contributed by atoms with E-state index in [0.29, 0.717) is 6.54 Å². The first-order valence-corrected chi connectivity index (χ1v) is 7.17. The van der Waals surface area contributed by atoms with Gasteiger partial charge in [0.25, 0.3) is 0 Å². The molecule has 0 bridgehead atoms. The summed E-state index contributed by atoms with van der Waals surface area (Å²) in [6.45, 7) is 7.00. The Labute approximate surface area is 146 Å². The first kappa shape index (κ1) is 20.2. The van der Waals surface area contributed by atoms with E-state index >= 15 is 0 Å². The number of guanidine groups is 1. The van der Waals surface area contributed by atoms with E-state index in [1.165, 1.54) is 0 Å². The minimum atomic E-state index is 0. The summed E-state index contributed by atoms with van der Waals surface area (Å²) in [5, 5.41) is 0. The lowest BCUT2D eigenvalue weighted by Crippen LogP contribution is -2.37. The smallest absolute Gasteiger partial charge is 0.195 e. The standard InChI is InChI=1S/C15H28N4O.HI/c1-7-19(8-2)13(14-10-9-11-20-14)12-16-15(17(3)4)18(5)6;/h9-11,13H,7-8,12H2,1-6H3;1H. The Morgan fingerprint density at radius 3 is 2.10 bits per heavy atom. The van der Waals surface area contributed by atoms with Gasteiger partial charge >= 0.3 is 0 Å². The SMILES string of the molecule is CCN(CC)C(CN=C(N(C)C)N(C)C)c1ccco1.I. The van der Waals surface area contributed by atoms with Crippen molar-refractivity contribution < 1.29 is 4.42 Å². The second-order valence-electron chi connectivity index (χ2n) is 5.18. The zero-order valence-electron chi connectivity index (χ0n) is 14.0. The second kappa shape index (κ2) is 10.0. The van der Waals surface area contributed by atoms with Crippen LogP contribution in [0, 0.1) is 0 Å². The fraction of sp³-hybridized carbons (Fsp3) is 0.667. The van der Waals surface area contributed by atoms with Crippen molar-refractivity contribution in [1.82, 2.24) is 14.7 Å². The summed E-state index contributed by atoms with van der Waals surface area (Å²) >= 11 is 0. The van der Waals surface area contributed by atoms with Crippen molar-refractivity contribution >= 4 is 29.9 Å². The lowest BCUT2D eigenvalue weighted by Gasteiger charge is -2.28. The number of halogens is 1. The topological polar surface area (TPSA) is 35.2 Å². The third-order valence-corrected chi connectivity index (χ3v) is 3.33. The van der Waals surface area contributed by atoms with Gasteiger partial charge in [-0.3, -0.25) is 9.89 Å². The van der Waals surface area contributed by atoms with Gasteiger partial charge in [-0.05, 0) is 25.2 Å². The average molecular weight is 408 g/mol. The second-order valence-corrected chi connectivity index (χ2v) is 5.18. The molecular formula is C15H29IN4O. The van der Waals surface area contributed by atoms with E-state index in [0.717, 1.165) is 24.8 Å². The predicted molar refractivity (Wildman–Crippen MR) is 99.5 cm³/mol. The molecule has 0 N–H and O–H groups in total. The van der Waals surface area contributed by atoms with Crippen LogP contribution in [0.5, 0.6) is 0 Å². The monoisotopic (exact) mass is 408 g/mol. The van der Waals surface area contributed by atoms with Gasteiger partial charge in [-0.15, -0.1) is 24.0 Å². The first-order chi connectivity index (χ1) is 9.51. The summed E-state index contributed by atoms with van der Waals surface area (Å²) in [7, 11) is 8.05. The third-order valence-electron chi connectivity index (χ3n) is 3.33. The van der Waals surface area contributed by atoms with Gasteiger partial charge in [0.1, 0.15) is 5.76 Å². The van der Waals surface area contributed by atoms with Gasteiger partial charge in [0, 0.05) is 28.2 Å². The molecule has 0 radical (unpaired) electrons. The molecule has 0 amide bonds. The van der Waals surface area contributed by atoms with Crippen LogP contribution >= 0.6 is 24.0 Å². The van der Waals surface area contributed by atoms with Crippen LogP contribution in [0.2, 0.25) is 0 Å². The van der Waals surface area contributed by atoms with Crippen LogP contribution in [0.25, 0.3) is 0 Å². The van der Waals surface area contributed by atoms with Crippen molar-refractivity contribution in [3.63, 3.8) is 0 Å². The number of furan rings is 1. The molecule has 0 saturated carbocycles. The molecule has 5 nitrogen and oxygen atoms in total. The van der Waals surface area contributed by atoms with Gasteiger partial charge in [-0.1, -0.05) is 13.8 Å². The van der Waals surface area contributed by atoms with Gasteiger partial charge in [-0.25, -0.2) is 0 Å². The molecule has 1 rings (SSSR count). The van der Waals surface area contributed by atoms with Crippen molar-refractivity contribution in [2.24, 2.45) is 4.99 Å². The van der Waals surface area contributed by atoms with Crippen LogP contribution < -0.4 is 0 Å². The van der Waals surface area contributed by atoms with Gasteiger partial charge in [-0.2, -0.15) is 0 Å². The molecule has 21 heavy (non-hydrogen) atoms. The summed E-state index contributed by atoms with van der Waals surface area (Å²) < 4.78 is 5.60.